The molecule has 1 atom stereocenters. The molecule has 76 valence electrons. The number of piperidine rings is 1. The highest BCUT2D eigenvalue weighted by Gasteiger charge is 2.30. The van der Waals surface area contributed by atoms with Crippen molar-refractivity contribution in [3.63, 3.8) is 0 Å². The molecule has 0 radical (unpaired) electrons. The number of hydrogen-bond acceptors (Lipinski definition) is 3. The molecule has 1 aliphatic heterocycles. The minimum Gasteiger partial charge on any atom is -0.345 e. The number of rotatable bonds is 2. The van der Waals surface area contributed by atoms with Gasteiger partial charge in [-0.3, -0.25) is 4.79 Å². The van der Waals surface area contributed by atoms with E-state index in [9.17, 15) is 17.1 Å². The van der Waals surface area contributed by atoms with Crippen molar-refractivity contribution in [2.75, 3.05) is 19.3 Å². The average Bonchev–Trinajstić information content (AvgIpc) is 1.96. The van der Waals surface area contributed by atoms with Gasteiger partial charge < -0.3 is 4.90 Å². The van der Waals surface area contributed by atoms with Gasteiger partial charge in [0.05, 0.1) is 11.7 Å². The zero-order valence-corrected chi connectivity index (χ0v) is 8.18. The SMILES string of the molecule is CN1CCCC(CS(=O)(=O)F)C1=O. The van der Waals surface area contributed by atoms with Gasteiger partial charge in [0.1, 0.15) is 0 Å². The second kappa shape index (κ2) is 3.61. The molecule has 0 aromatic heterocycles. The van der Waals surface area contributed by atoms with Gasteiger partial charge in [0.25, 0.3) is 0 Å². The van der Waals surface area contributed by atoms with Crippen molar-refractivity contribution in [2.24, 2.45) is 5.92 Å². The van der Waals surface area contributed by atoms with Gasteiger partial charge in [0.2, 0.25) is 5.91 Å². The van der Waals surface area contributed by atoms with E-state index in [2.05, 4.69) is 0 Å². The predicted molar refractivity (Wildman–Crippen MR) is 45.3 cm³/mol. The summed E-state index contributed by atoms with van der Waals surface area (Å²) in [6.45, 7) is 0.627. The maximum atomic E-state index is 12.3. The molecule has 13 heavy (non-hydrogen) atoms. The highest BCUT2D eigenvalue weighted by molar-refractivity contribution is 7.86. The third kappa shape index (κ3) is 2.95. The Kier molecular flexibility index (Phi) is 2.90. The molecule has 0 aliphatic carbocycles. The molecule has 0 aromatic carbocycles. The van der Waals surface area contributed by atoms with Gasteiger partial charge in [-0.15, -0.1) is 3.89 Å². The third-order valence-corrected chi connectivity index (χ3v) is 2.97. The van der Waals surface area contributed by atoms with Gasteiger partial charge >= 0.3 is 10.2 Å². The van der Waals surface area contributed by atoms with Gasteiger partial charge in [0, 0.05) is 13.6 Å². The second-order valence-electron chi connectivity index (χ2n) is 3.30. The van der Waals surface area contributed by atoms with E-state index in [1.165, 1.54) is 4.90 Å². The van der Waals surface area contributed by atoms with E-state index < -0.39 is 21.9 Å². The van der Waals surface area contributed by atoms with Gasteiger partial charge in [-0.2, -0.15) is 8.42 Å². The number of likely N-dealkylation sites (tertiary alicyclic amines) is 1. The molecule has 1 amide bonds. The lowest BCUT2D eigenvalue weighted by Crippen LogP contribution is -2.40. The standard InChI is InChI=1S/C7H12FNO3S/c1-9-4-2-3-6(7(9)10)5-13(8,11)12/h6H,2-5H2,1H3. The van der Waals surface area contributed by atoms with Crippen molar-refractivity contribution < 1.29 is 17.1 Å². The number of carbonyl (C=O) groups excluding carboxylic acids is 1. The second-order valence-corrected chi connectivity index (χ2v) is 4.72. The summed E-state index contributed by atoms with van der Waals surface area (Å²) in [4.78, 5) is 12.7. The van der Waals surface area contributed by atoms with Crippen molar-refractivity contribution in [3.8, 4) is 0 Å². The van der Waals surface area contributed by atoms with Crippen LogP contribution < -0.4 is 0 Å². The summed E-state index contributed by atoms with van der Waals surface area (Å²) in [6.07, 6.45) is 1.20. The molecular formula is C7H12FNO3S. The van der Waals surface area contributed by atoms with Crippen LogP contribution in [0, 0.1) is 5.92 Å². The molecule has 1 heterocycles. The zero-order chi connectivity index (χ0) is 10.1. The molecule has 1 aliphatic rings. The number of halogens is 1. The van der Waals surface area contributed by atoms with Crippen molar-refractivity contribution >= 4 is 16.1 Å². The molecule has 1 rings (SSSR count). The Morgan fingerprint density at radius 2 is 2.23 bits per heavy atom. The van der Waals surface area contributed by atoms with Crippen molar-refractivity contribution in [2.45, 2.75) is 12.8 Å². The molecule has 0 saturated carbocycles. The lowest BCUT2D eigenvalue weighted by Gasteiger charge is -2.28. The van der Waals surface area contributed by atoms with Gasteiger partial charge in [-0.05, 0) is 12.8 Å². The Labute approximate surface area is 76.9 Å². The minimum atomic E-state index is -4.53. The summed E-state index contributed by atoms with van der Waals surface area (Å²) in [5, 5.41) is 0. The number of carbonyl (C=O) groups is 1. The molecule has 4 nitrogen and oxygen atoms in total. The van der Waals surface area contributed by atoms with Crippen molar-refractivity contribution in [3.05, 3.63) is 0 Å². The van der Waals surface area contributed by atoms with Crippen molar-refractivity contribution in [1.29, 1.82) is 0 Å². The highest BCUT2D eigenvalue weighted by atomic mass is 32.3. The Morgan fingerprint density at radius 1 is 1.62 bits per heavy atom. The summed E-state index contributed by atoms with van der Waals surface area (Å²) in [7, 11) is -2.93. The Balaban J connectivity index is 2.65. The Bertz CT molecular complexity index is 301. The van der Waals surface area contributed by atoms with Crippen LogP contribution in [0.5, 0.6) is 0 Å². The Morgan fingerprint density at radius 3 is 2.77 bits per heavy atom. The van der Waals surface area contributed by atoms with Crippen LogP contribution >= 0.6 is 0 Å². The summed E-state index contributed by atoms with van der Waals surface area (Å²) in [5.74, 6) is -1.63. The van der Waals surface area contributed by atoms with E-state index >= 15 is 0 Å². The molecular weight excluding hydrogens is 197 g/mol. The van der Waals surface area contributed by atoms with Gasteiger partial charge in [-0.1, -0.05) is 0 Å². The summed E-state index contributed by atoms with van der Waals surface area (Å²) in [6, 6.07) is 0. The van der Waals surface area contributed by atoms with Crippen LogP contribution in [0.25, 0.3) is 0 Å². The number of nitrogens with zero attached hydrogens (tertiary/aromatic N) is 1. The molecule has 0 aromatic rings. The van der Waals surface area contributed by atoms with Gasteiger partial charge in [-0.25, -0.2) is 0 Å². The maximum absolute atomic E-state index is 12.3. The number of amides is 1. The average molecular weight is 209 g/mol. The first-order valence-electron chi connectivity index (χ1n) is 4.07. The van der Waals surface area contributed by atoms with Crippen LogP contribution in [0.15, 0.2) is 0 Å². The van der Waals surface area contributed by atoms with Crippen LogP contribution in [0.4, 0.5) is 3.89 Å². The fraction of sp³-hybridized carbons (Fsp3) is 0.857. The predicted octanol–water partition coefficient (Wildman–Crippen LogP) is 0.154. The highest BCUT2D eigenvalue weighted by Crippen LogP contribution is 2.18. The number of hydrogen-bond donors (Lipinski definition) is 0. The van der Waals surface area contributed by atoms with E-state index in [0.29, 0.717) is 13.0 Å². The van der Waals surface area contributed by atoms with E-state index in [-0.39, 0.29) is 5.91 Å². The van der Waals surface area contributed by atoms with Gasteiger partial charge in [0.15, 0.2) is 0 Å². The summed E-state index contributed by atoms with van der Waals surface area (Å²) in [5.41, 5.74) is 0. The Hall–Kier alpha value is -0.650. The molecule has 0 spiro atoms. The molecule has 0 bridgehead atoms. The molecule has 1 saturated heterocycles. The van der Waals surface area contributed by atoms with Crippen LogP contribution in [-0.4, -0.2) is 38.6 Å². The first-order valence-corrected chi connectivity index (χ1v) is 5.63. The van der Waals surface area contributed by atoms with Crippen LogP contribution in [-0.2, 0) is 15.0 Å². The maximum Gasteiger partial charge on any atom is 0.303 e. The normalized spacial score (nSPS) is 24.9. The lowest BCUT2D eigenvalue weighted by atomic mass is 10.00. The van der Waals surface area contributed by atoms with E-state index in [0.717, 1.165) is 6.42 Å². The van der Waals surface area contributed by atoms with Crippen molar-refractivity contribution in [1.82, 2.24) is 4.90 Å². The minimum absolute atomic E-state index is 0.271. The quantitative estimate of drug-likeness (QED) is 0.608. The monoisotopic (exact) mass is 209 g/mol. The summed E-state index contributed by atoms with van der Waals surface area (Å²) >= 11 is 0. The zero-order valence-electron chi connectivity index (χ0n) is 7.36. The third-order valence-electron chi connectivity index (χ3n) is 2.17. The lowest BCUT2D eigenvalue weighted by molar-refractivity contribution is -0.136. The van der Waals surface area contributed by atoms with E-state index in [1.54, 1.807) is 7.05 Å². The fourth-order valence-electron chi connectivity index (χ4n) is 1.52. The molecule has 1 fully saturated rings. The van der Waals surface area contributed by atoms with E-state index in [4.69, 9.17) is 0 Å². The largest absolute Gasteiger partial charge is 0.345 e. The molecule has 6 heteroatoms. The molecule has 1 unspecified atom stereocenters. The first kappa shape index (κ1) is 10.4. The summed E-state index contributed by atoms with van der Waals surface area (Å²) < 4.78 is 32.9. The first-order chi connectivity index (χ1) is 5.90. The fourth-order valence-corrected chi connectivity index (χ4v) is 2.30. The van der Waals surface area contributed by atoms with Crippen LogP contribution in [0.1, 0.15) is 12.8 Å². The van der Waals surface area contributed by atoms with E-state index in [1.807, 2.05) is 0 Å². The van der Waals surface area contributed by atoms with Crippen LogP contribution in [0.2, 0.25) is 0 Å². The smallest absolute Gasteiger partial charge is 0.303 e. The topological polar surface area (TPSA) is 54.5 Å². The van der Waals surface area contributed by atoms with Crippen LogP contribution in [0.3, 0.4) is 0 Å². The molecule has 0 N–H and O–H groups in total.